The fraction of sp³-hybridized carbons (Fsp3) is 0.457. The number of aliphatic hydroxyl groups is 1. The molecule has 5 rings (SSSR count). The van der Waals surface area contributed by atoms with Crippen LogP contribution in [-0.2, 0) is 20.8 Å². The number of ether oxygens (including phenoxy) is 2. The van der Waals surface area contributed by atoms with Gasteiger partial charge in [0, 0.05) is 42.3 Å². The third kappa shape index (κ3) is 8.31. The number of morpholine rings is 1. The van der Waals surface area contributed by atoms with Gasteiger partial charge in [-0.25, -0.2) is 8.42 Å². The van der Waals surface area contributed by atoms with Crippen LogP contribution in [0.25, 0.3) is 0 Å². The number of carbonyl (C=O) groups excluding carboxylic acids is 1. The first kappa shape index (κ1) is 35.7. The van der Waals surface area contributed by atoms with Gasteiger partial charge in [0.05, 0.1) is 48.6 Å². The molecule has 2 heterocycles. The van der Waals surface area contributed by atoms with Gasteiger partial charge < -0.3 is 24.8 Å². The first-order valence-electron chi connectivity index (χ1n) is 16.0. The molecule has 3 aromatic rings. The average molecular weight is 690 g/mol. The van der Waals surface area contributed by atoms with Crippen LogP contribution >= 0.6 is 0 Å². The second kappa shape index (κ2) is 14.5. The van der Waals surface area contributed by atoms with Crippen LogP contribution in [0.4, 0.5) is 18.9 Å². The number of alkyl halides is 3. The largest absolute Gasteiger partial charge is 0.489 e. The number of anilines is 1. The molecule has 2 aliphatic heterocycles. The Kier molecular flexibility index (Phi) is 10.7. The maximum Gasteiger partial charge on any atom is 0.416 e. The molecule has 1 amide bonds. The summed E-state index contributed by atoms with van der Waals surface area (Å²) in [5.41, 5.74) is 0.914. The molecule has 3 atom stereocenters. The first-order valence-corrected chi connectivity index (χ1v) is 17.6. The summed E-state index contributed by atoms with van der Waals surface area (Å²) in [6, 6.07) is 17.2. The molecule has 0 aromatic heterocycles. The number of nitrogens with one attached hydrogen (secondary N) is 1. The zero-order chi connectivity index (χ0) is 34.7. The molecule has 48 heavy (non-hydrogen) atoms. The maximum absolute atomic E-state index is 13.2. The topological polar surface area (TPSA) is 108 Å². The number of rotatable bonds is 11. The summed E-state index contributed by atoms with van der Waals surface area (Å²) in [7, 11) is -3.38. The van der Waals surface area contributed by atoms with E-state index >= 15 is 0 Å². The fourth-order valence-electron chi connectivity index (χ4n) is 6.20. The normalized spacial score (nSPS) is 20.8. The Labute approximate surface area is 279 Å². The van der Waals surface area contributed by atoms with Crippen LogP contribution in [0, 0.1) is 0 Å². The van der Waals surface area contributed by atoms with Crippen molar-refractivity contribution in [1.29, 1.82) is 0 Å². The van der Waals surface area contributed by atoms with Crippen molar-refractivity contribution < 1.29 is 41.0 Å². The molecule has 0 radical (unpaired) electrons. The molecule has 0 saturated carbocycles. The number of benzene rings is 3. The van der Waals surface area contributed by atoms with Crippen LogP contribution in [-0.4, -0.2) is 87.2 Å². The molecule has 2 saturated heterocycles. The van der Waals surface area contributed by atoms with Gasteiger partial charge in [0.25, 0.3) is 5.91 Å². The lowest BCUT2D eigenvalue weighted by molar-refractivity contribution is -0.137. The van der Waals surface area contributed by atoms with Gasteiger partial charge in [0.15, 0.2) is 9.84 Å². The van der Waals surface area contributed by atoms with Gasteiger partial charge in [-0.15, -0.1) is 0 Å². The molecule has 2 fully saturated rings. The lowest BCUT2D eigenvalue weighted by atomic mass is 10.0. The van der Waals surface area contributed by atoms with Crippen LogP contribution in [0.5, 0.6) is 5.75 Å². The van der Waals surface area contributed by atoms with E-state index in [1.165, 1.54) is 24.3 Å². The van der Waals surface area contributed by atoms with E-state index in [9.17, 15) is 31.5 Å². The SMILES string of the molecule is CCS(=O)(=O)c1ccc([C@H](CO)NC(=O)c2ccc(N3C[C@H](Oc4ccc(C(F)(F)F)cc4)C[C@H]3CN3CCOCC3(C)C)cc2)cc1. The predicted molar refractivity (Wildman–Crippen MR) is 176 cm³/mol. The third-order valence-corrected chi connectivity index (χ3v) is 10.8. The van der Waals surface area contributed by atoms with E-state index in [2.05, 4.69) is 29.0 Å². The lowest BCUT2D eigenvalue weighted by Gasteiger charge is -2.44. The molecule has 2 N–H and O–H groups in total. The van der Waals surface area contributed by atoms with Crippen LogP contribution in [0.3, 0.4) is 0 Å². The van der Waals surface area contributed by atoms with Crippen LogP contribution < -0.4 is 15.0 Å². The molecule has 0 spiro atoms. The highest BCUT2D eigenvalue weighted by molar-refractivity contribution is 7.91. The van der Waals surface area contributed by atoms with E-state index in [0.717, 1.165) is 30.9 Å². The summed E-state index contributed by atoms with van der Waals surface area (Å²) >= 11 is 0. The van der Waals surface area contributed by atoms with Gasteiger partial charge in [0.2, 0.25) is 0 Å². The quantitative estimate of drug-likeness (QED) is 0.287. The van der Waals surface area contributed by atoms with Crippen LogP contribution in [0.1, 0.15) is 54.7 Å². The molecule has 0 aliphatic carbocycles. The Morgan fingerprint density at radius 3 is 2.31 bits per heavy atom. The Hall–Kier alpha value is -3.65. The summed E-state index contributed by atoms with van der Waals surface area (Å²) in [6.45, 7) is 8.68. The molecular weight excluding hydrogens is 647 g/mol. The average Bonchev–Trinajstić information content (AvgIpc) is 3.46. The zero-order valence-electron chi connectivity index (χ0n) is 27.2. The van der Waals surface area contributed by atoms with E-state index in [4.69, 9.17) is 9.47 Å². The van der Waals surface area contributed by atoms with E-state index in [-0.39, 0.29) is 34.9 Å². The number of sulfone groups is 1. The number of hydrogen-bond donors (Lipinski definition) is 2. The smallest absolute Gasteiger partial charge is 0.416 e. The summed E-state index contributed by atoms with van der Waals surface area (Å²) < 4.78 is 75.4. The second-order valence-electron chi connectivity index (χ2n) is 12.8. The molecule has 9 nitrogen and oxygen atoms in total. The van der Waals surface area contributed by atoms with Crippen LogP contribution in [0.2, 0.25) is 0 Å². The fourth-order valence-corrected chi connectivity index (χ4v) is 7.09. The summed E-state index contributed by atoms with van der Waals surface area (Å²) in [5, 5.41) is 12.8. The molecule has 13 heteroatoms. The first-order chi connectivity index (χ1) is 22.7. The van der Waals surface area contributed by atoms with Crippen molar-refractivity contribution in [3.05, 3.63) is 89.5 Å². The molecule has 260 valence electrons. The highest BCUT2D eigenvalue weighted by atomic mass is 32.2. The minimum atomic E-state index is -4.42. The highest BCUT2D eigenvalue weighted by Crippen LogP contribution is 2.33. The van der Waals surface area contributed by atoms with Crippen molar-refractivity contribution in [2.75, 3.05) is 50.1 Å². The van der Waals surface area contributed by atoms with Gasteiger partial charge in [-0.3, -0.25) is 9.69 Å². The number of hydrogen-bond acceptors (Lipinski definition) is 8. The van der Waals surface area contributed by atoms with Gasteiger partial charge in [0.1, 0.15) is 11.9 Å². The van der Waals surface area contributed by atoms with Crippen molar-refractivity contribution in [2.24, 2.45) is 0 Å². The number of amides is 1. The van der Waals surface area contributed by atoms with Crippen LogP contribution in [0.15, 0.2) is 77.7 Å². The Morgan fingerprint density at radius 2 is 1.73 bits per heavy atom. The van der Waals surface area contributed by atoms with Gasteiger partial charge in [-0.05, 0) is 80.1 Å². The summed E-state index contributed by atoms with van der Waals surface area (Å²) in [4.78, 5) is 18.0. The lowest BCUT2D eigenvalue weighted by Crippen LogP contribution is -2.56. The number of aliphatic hydroxyl groups excluding tert-OH is 1. The van der Waals surface area contributed by atoms with E-state index < -0.39 is 33.5 Å². The highest BCUT2D eigenvalue weighted by Gasteiger charge is 2.39. The number of carbonyl (C=O) groups is 1. The third-order valence-electron chi connectivity index (χ3n) is 9.08. The standard InChI is InChI=1S/C35H42F3N3O6S/c1-4-48(44,45)31-15-7-24(8-16-31)32(22-42)39-33(43)25-5-11-27(12-6-25)41-21-30(47-29-13-9-26(10-14-29)35(36,37)38)19-28(41)20-40-17-18-46-23-34(40,2)3/h5-16,28,30,32,42H,4,17-23H2,1-3H3,(H,39,43)/t28-,30+,32-/m0/s1. The van der Waals surface area contributed by atoms with Crippen molar-refractivity contribution in [3.63, 3.8) is 0 Å². The summed E-state index contributed by atoms with van der Waals surface area (Å²) in [5.74, 6) is -0.0616. The maximum atomic E-state index is 13.2. The molecule has 0 bridgehead atoms. The van der Waals surface area contributed by atoms with Crippen molar-refractivity contribution in [3.8, 4) is 5.75 Å². The van der Waals surface area contributed by atoms with Crippen molar-refractivity contribution >= 4 is 21.4 Å². The van der Waals surface area contributed by atoms with Gasteiger partial charge in [-0.2, -0.15) is 13.2 Å². The number of nitrogens with zero attached hydrogens (tertiary/aromatic N) is 2. The van der Waals surface area contributed by atoms with E-state index in [1.54, 1.807) is 31.2 Å². The van der Waals surface area contributed by atoms with Crippen molar-refractivity contribution in [1.82, 2.24) is 10.2 Å². The van der Waals surface area contributed by atoms with Gasteiger partial charge >= 0.3 is 6.18 Å². The van der Waals surface area contributed by atoms with E-state index in [1.807, 2.05) is 12.1 Å². The minimum Gasteiger partial charge on any atom is -0.489 e. The summed E-state index contributed by atoms with van der Waals surface area (Å²) in [6.07, 6.45) is -4.05. The molecule has 3 aromatic carbocycles. The Balaban J connectivity index is 1.30. The molecular formula is C35H42F3N3O6S. The Bertz CT molecular complexity index is 1650. The zero-order valence-corrected chi connectivity index (χ0v) is 28.1. The number of halogens is 3. The van der Waals surface area contributed by atoms with Gasteiger partial charge in [-0.1, -0.05) is 19.1 Å². The predicted octanol–water partition coefficient (Wildman–Crippen LogP) is 5.10. The van der Waals surface area contributed by atoms with E-state index in [0.29, 0.717) is 43.1 Å². The minimum absolute atomic E-state index is 0.0276. The molecule has 2 aliphatic rings. The van der Waals surface area contributed by atoms with Crippen molar-refractivity contribution in [2.45, 2.75) is 62.0 Å². The Morgan fingerprint density at radius 1 is 1.06 bits per heavy atom. The molecule has 0 unspecified atom stereocenters. The monoisotopic (exact) mass is 689 g/mol. The second-order valence-corrected chi connectivity index (χ2v) is 15.1.